The van der Waals surface area contributed by atoms with Crippen molar-refractivity contribution in [1.82, 2.24) is 0 Å². The van der Waals surface area contributed by atoms with Crippen LogP contribution in [0.15, 0.2) is 0 Å². The number of hydrogen-bond donors (Lipinski definition) is 3. The second-order valence-corrected chi connectivity index (χ2v) is 5.20. The molecule has 0 saturated heterocycles. The minimum Gasteiger partial charge on any atom is -0.480 e. The molecule has 0 spiro atoms. The minimum absolute atomic E-state index is 0.367. The zero-order chi connectivity index (χ0) is 14.2. The topological polar surface area (TPSA) is 83.5 Å². The van der Waals surface area contributed by atoms with Crippen LogP contribution in [0.25, 0.3) is 0 Å². The Labute approximate surface area is 115 Å². The highest BCUT2D eigenvalue weighted by molar-refractivity contribution is 7.98. The molecule has 0 radical (unpaired) electrons. The van der Waals surface area contributed by atoms with E-state index in [4.69, 9.17) is 15.9 Å². The Kier molecular flexibility index (Phi) is 18.7. The summed E-state index contributed by atoms with van der Waals surface area (Å²) in [6.07, 6.45) is 9.97. The fourth-order valence-electron chi connectivity index (χ4n) is 1.26. The summed E-state index contributed by atoms with van der Waals surface area (Å²) in [6, 6.07) is -0.683. The molecule has 4 N–H and O–H groups in total. The van der Waals surface area contributed by atoms with Gasteiger partial charge in [-0.15, -0.1) is 0 Å². The molecular weight excluding hydrogens is 250 g/mol. The summed E-state index contributed by atoms with van der Waals surface area (Å²) in [4.78, 5) is 10.1. The Hall–Kier alpha value is -0.260. The van der Waals surface area contributed by atoms with Crippen LogP contribution in [0.2, 0.25) is 0 Å². The van der Waals surface area contributed by atoms with E-state index in [1.807, 2.05) is 6.26 Å². The lowest BCUT2D eigenvalue weighted by atomic mass is 10.1. The number of aliphatic hydroxyl groups excluding tert-OH is 1. The van der Waals surface area contributed by atoms with Crippen molar-refractivity contribution in [3.8, 4) is 0 Å². The molecule has 110 valence electrons. The number of hydrogen-bond acceptors (Lipinski definition) is 4. The molecule has 1 unspecified atom stereocenters. The summed E-state index contributed by atoms with van der Waals surface area (Å²) >= 11 is 1.60. The normalized spacial score (nSPS) is 11.6. The van der Waals surface area contributed by atoms with Gasteiger partial charge in [-0.05, 0) is 24.9 Å². The number of rotatable bonds is 10. The first kappa shape index (κ1) is 20.1. The van der Waals surface area contributed by atoms with Crippen LogP contribution < -0.4 is 5.73 Å². The Morgan fingerprint density at radius 1 is 1.22 bits per heavy atom. The SMILES string of the molecule is CCCCCCCCO.CSCCC(N)C(=O)O. The number of unbranched alkanes of at least 4 members (excludes halogenated alkanes) is 5. The van der Waals surface area contributed by atoms with Crippen LogP contribution in [-0.2, 0) is 4.79 Å². The third kappa shape index (κ3) is 18.1. The summed E-state index contributed by atoms with van der Waals surface area (Å²) in [7, 11) is 0. The van der Waals surface area contributed by atoms with Crippen molar-refractivity contribution in [1.29, 1.82) is 0 Å². The lowest BCUT2D eigenvalue weighted by Gasteiger charge is -2.02. The zero-order valence-electron chi connectivity index (χ0n) is 11.7. The van der Waals surface area contributed by atoms with Crippen LogP contribution in [0.3, 0.4) is 0 Å². The molecule has 0 rings (SSSR count). The molecule has 0 fully saturated rings. The average Bonchev–Trinajstić information content (AvgIpc) is 2.36. The maximum Gasteiger partial charge on any atom is 0.320 e. The van der Waals surface area contributed by atoms with E-state index in [1.54, 1.807) is 11.8 Å². The maximum absolute atomic E-state index is 10.1. The lowest BCUT2D eigenvalue weighted by molar-refractivity contribution is -0.138. The molecule has 1 atom stereocenters. The fourth-order valence-corrected chi connectivity index (χ4v) is 1.75. The Bertz CT molecular complexity index is 174. The summed E-state index contributed by atoms with van der Waals surface area (Å²) < 4.78 is 0. The van der Waals surface area contributed by atoms with Crippen LogP contribution in [0.4, 0.5) is 0 Å². The second-order valence-electron chi connectivity index (χ2n) is 4.22. The van der Waals surface area contributed by atoms with Gasteiger partial charge in [0, 0.05) is 6.61 Å². The number of thioether (sulfide) groups is 1. The van der Waals surface area contributed by atoms with E-state index in [-0.39, 0.29) is 0 Å². The van der Waals surface area contributed by atoms with Gasteiger partial charge in [-0.2, -0.15) is 11.8 Å². The minimum atomic E-state index is -0.913. The van der Waals surface area contributed by atoms with Crippen molar-refractivity contribution in [2.45, 2.75) is 57.9 Å². The largest absolute Gasteiger partial charge is 0.480 e. The van der Waals surface area contributed by atoms with E-state index >= 15 is 0 Å². The summed E-state index contributed by atoms with van der Waals surface area (Å²) in [5.74, 6) is -0.1000. The summed E-state index contributed by atoms with van der Waals surface area (Å²) in [6.45, 7) is 2.58. The quantitative estimate of drug-likeness (QED) is 0.535. The van der Waals surface area contributed by atoms with Gasteiger partial charge in [0.25, 0.3) is 0 Å². The molecule has 0 saturated carbocycles. The first-order valence-electron chi connectivity index (χ1n) is 6.68. The van der Waals surface area contributed by atoms with Gasteiger partial charge in [-0.3, -0.25) is 4.79 Å². The molecule has 0 amide bonds. The Morgan fingerprint density at radius 3 is 2.22 bits per heavy atom. The van der Waals surface area contributed by atoms with Crippen LogP contribution in [-0.4, -0.2) is 40.8 Å². The predicted octanol–water partition coefficient (Wildman–Crippen LogP) is 2.49. The highest BCUT2D eigenvalue weighted by Gasteiger charge is 2.08. The van der Waals surface area contributed by atoms with E-state index in [1.165, 1.54) is 32.1 Å². The zero-order valence-corrected chi connectivity index (χ0v) is 12.5. The molecule has 5 heteroatoms. The van der Waals surface area contributed by atoms with E-state index in [9.17, 15) is 4.79 Å². The molecule has 0 aliphatic heterocycles. The van der Waals surface area contributed by atoms with Crippen molar-refractivity contribution in [2.24, 2.45) is 5.73 Å². The molecular formula is C13H29NO3S. The highest BCUT2D eigenvalue weighted by Crippen LogP contribution is 2.03. The Balaban J connectivity index is 0. The van der Waals surface area contributed by atoms with E-state index in [0.717, 1.165) is 12.2 Å². The highest BCUT2D eigenvalue weighted by atomic mass is 32.2. The van der Waals surface area contributed by atoms with Crippen molar-refractivity contribution >= 4 is 17.7 Å². The second kappa shape index (κ2) is 16.7. The first-order valence-corrected chi connectivity index (χ1v) is 8.07. The molecule has 0 heterocycles. The van der Waals surface area contributed by atoms with Crippen LogP contribution >= 0.6 is 11.8 Å². The third-order valence-electron chi connectivity index (χ3n) is 2.46. The average molecular weight is 279 g/mol. The van der Waals surface area contributed by atoms with Gasteiger partial charge in [0.2, 0.25) is 0 Å². The Morgan fingerprint density at radius 2 is 1.78 bits per heavy atom. The molecule has 0 aliphatic carbocycles. The summed E-state index contributed by atoms with van der Waals surface area (Å²) in [5, 5.41) is 16.7. The van der Waals surface area contributed by atoms with Crippen LogP contribution in [0.1, 0.15) is 51.9 Å². The van der Waals surface area contributed by atoms with Crippen LogP contribution in [0.5, 0.6) is 0 Å². The first-order chi connectivity index (χ1) is 8.59. The van der Waals surface area contributed by atoms with Crippen molar-refractivity contribution in [3.63, 3.8) is 0 Å². The van der Waals surface area contributed by atoms with Gasteiger partial charge in [0.05, 0.1) is 0 Å². The number of carboxylic acids is 1. The predicted molar refractivity (Wildman–Crippen MR) is 79.1 cm³/mol. The number of nitrogens with two attached hydrogens (primary N) is 1. The molecule has 4 nitrogen and oxygen atoms in total. The third-order valence-corrected chi connectivity index (χ3v) is 3.11. The number of carboxylic acid groups (broad SMARTS) is 1. The smallest absolute Gasteiger partial charge is 0.320 e. The maximum atomic E-state index is 10.1. The van der Waals surface area contributed by atoms with Gasteiger partial charge in [-0.1, -0.05) is 39.0 Å². The number of aliphatic hydroxyl groups is 1. The fraction of sp³-hybridized carbons (Fsp3) is 0.923. The number of carbonyl (C=O) groups is 1. The van der Waals surface area contributed by atoms with Crippen molar-refractivity contribution in [3.05, 3.63) is 0 Å². The van der Waals surface area contributed by atoms with Crippen LogP contribution in [0, 0.1) is 0 Å². The molecule has 0 aromatic carbocycles. The molecule has 0 aromatic rings. The van der Waals surface area contributed by atoms with Crippen molar-refractivity contribution in [2.75, 3.05) is 18.6 Å². The lowest BCUT2D eigenvalue weighted by Crippen LogP contribution is -2.30. The van der Waals surface area contributed by atoms with E-state index < -0.39 is 12.0 Å². The van der Waals surface area contributed by atoms with Gasteiger partial charge < -0.3 is 15.9 Å². The molecule has 0 aliphatic rings. The summed E-state index contributed by atoms with van der Waals surface area (Å²) in [5.41, 5.74) is 5.19. The van der Waals surface area contributed by atoms with Gasteiger partial charge in [0.15, 0.2) is 0 Å². The van der Waals surface area contributed by atoms with Crippen molar-refractivity contribution < 1.29 is 15.0 Å². The molecule has 18 heavy (non-hydrogen) atoms. The monoisotopic (exact) mass is 279 g/mol. The van der Waals surface area contributed by atoms with Gasteiger partial charge in [0.1, 0.15) is 6.04 Å². The standard InChI is InChI=1S/C8H18O.C5H11NO2S/c1-2-3-4-5-6-7-8-9;1-9-3-2-4(6)5(7)8/h9H,2-8H2,1H3;4H,2-3,6H2,1H3,(H,7,8). The van der Waals surface area contributed by atoms with E-state index in [2.05, 4.69) is 6.92 Å². The number of aliphatic carboxylic acids is 1. The molecule has 0 bridgehead atoms. The van der Waals surface area contributed by atoms with Gasteiger partial charge >= 0.3 is 5.97 Å². The van der Waals surface area contributed by atoms with E-state index in [0.29, 0.717) is 13.0 Å². The van der Waals surface area contributed by atoms with Gasteiger partial charge in [-0.25, -0.2) is 0 Å². The molecule has 0 aromatic heterocycles.